The molecule has 0 spiro atoms. The first-order valence-corrected chi connectivity index (χ1v) is 5.16. The molecule has 8 heteroatoms. The van der Waals surface area contributed by atoms with Crippen LogP contribution >= 0.6 is 0 Å². The lowest BCUT2D eigenvalue weighted by molar-refractivity contribution is -0.154. The van der Waals surface area contributed by atoms with E-state index in [4.69, 9.17) is 0 Å². The van der Waals surface area contributed by atoms with Crippen molar-refractivity contribution in [3.8, 4) is 5.88 Å². The predicted octanol–water partition coefficient (Wildman–Crippen LogP) is 1.80. The number of rotatable bonds is 3. The van der Waals surface area contributed by atoms with Crippen LogP contribution in [0.2, 0.25) is 0 Å². The van der Waals surface area contributed by atoms with Gasteiger partial charge in [0.15, 0.2) is 6.61 Å². The molecule has 0 atom stereocenters. The number of nitrogens with one attached hydrogen (secondary N) is 1. The first-order valence-electron chi connectivity index (χ1n) is 5.16. The maximum Gasteiger partial charge on any atom is 0.422 e. The minimum absolute atomic E-state index is 0.00172. The summed E-state index contributed by atoms with van der Waals surface area (Å²) in [5.41, 5.74) is 0.00172. The van der Waals surface area contributed by atoms with Crippen LogP contribution in [-0.2, 0) is 0 Å². The number of amides is 1. The van der Waals surface area contributed by atoms with E-state index in [-0.39, 0.29) is 11.6 Å². The fraction of sp³-hybridized carbons (Fsp3) is 0.500. The average molecular weight is 265 g/mol. The molecule has 1 aromatic rings. The van der Waals surface area contributed by atoms with Crippen molar-refractivity contribution in [1.29, 1.82) is 0 Å². The van der Waals surface area contributed by atoms with Gasteiger partial charge in [-0.25, -0.2) is 9.97 Å². The topological polar surface area (TPSA) is 64.1 Å². The fourth-order valence-corrected chi connectivity index (χ4v) is 0.792. The van der Waals surface area contributed by atoms with Gasteiger partial charge in [-0.3, -0.25) is 4.79 Å². The van der Waals surface area contributed by atoms with Crippen molar-refractivity contribution in [2.75, 3.05) is 13.7 Å². The summed E-state index contributed by atoms with van der Waals surface area (Å²) < 4.78 is 39.6. The lowest BCUT2D eigenvalue weighted by Crippen LogP contribution is -2.21. The zero-order valence-corrected chi connectivity index (χ0v) is 10.2. The van der Waals surface area contributed by atoms with Crippen molar-refractivity contribution < 1.29 is 22.7 Å². The highest BCUT2D eigenvalue weighted by atomic mass is 19.4. The normalized spacial score (nSPS) is 10.1. The lowest BCUT2D eigenvalue weighted by Gasteiger charge is -2.07. The number of aromatic nitrogens is 2. The molecule has 0 aliphatic heterocycles. The highest BCUT2D eigenvalue weighted by molar-refractivity contribution is 5.91. The van der Waals surface area contributed by atoms with Gasteiger partial charge in [0, 0.05) is 7.05 Å². The molecule has 102 valence electrons. The summed E-state index contributed by atoms with van der Waals surface area (Å²) in [4.78, 5) is 18.1. The molecule has 0 unspecified atom stereocenters. The average Bonchev–Trinajstić information content (AvgIpc) is 2.37. The molecule has 1 amide bonds. The first-order chi connectivity index (χ1) is 8.42. The fourth-order valence-electron chi connectivity index (χ4n) is 0.792. The number of nitrogens with zero attached hydrogens (tertiary/aromatic N) is 2. The standard InChI is InChI=1S/C8H8F3N3O2.C2H6/c1-12-7(15)5-2-14-6(3-13-5)16-4-8(9,10)11;1-2/h2-3H,4H2,1H3,(H,12,15);1-2H3. The summed E-state index contributed by atoms with van der Waals surface area (Å²) in [6, 6.07) is 0. The van der Waals surface area contributed by atoms with Gasteiger partial charge < -0.3 is 10.1 Å². The van der Waals surface area contributed by atoms with E-state index < -0.39 is 18.7 Å². The van der Waals surface area contributed by atoms with Crippen LogP contribution in [0, 0.1) is 0 Å². The van der Waals surface area contributed by atoms with Crippen LogP contribution in [0.5, 0.6) is 5.88 Å². The van der Waals surface area contributed by atoms with Crippen molar-refractivity contribution >= 4 is 5.91 Å². The van der Waals surface area contributed by atoms with E-state index in [2.05, 4.69) is 20.0 Å². The summed E-state index contributed by atoms with van der Waals surface area (Å²) in [5, 5.41) is 2.29. The van der Waals surface area contributed by atoms with E-state index in [0.717, 1.165) is 12.4 Å². The Kier molecular flexibility index (Phi) is 6.69. The Labute approximate surface area is 102 Å². The number of hydrogen-bond donors (Lipinski definition) is 1. The molecule has 1 N–H and O–H groups in total. The predicted molar refractivity (Wildman–Crippen MR) is 58.3 cm³/mol. The van der Waals surface area contributed by atoms with Gasteiger partial charge >= 0.3 is 6.18 Å². The molecule has 1 heterocycles. The molecule has 0 aliphatic rings. The second-order valence-electron chi connectivity index (χ2n) is 2.72. The third kappa shape index (κ3) is 6.02. The molecule has 1 rings (SSSR count). The third-order valence-corrected chi connectivity index (χ3v) is 1.47. The molecule has 18 heavy (non-hydrogen) atoms. The van der Waals surface area contributed by atoms with Crippen molar-refractivity contribution in [2.45, 2.75) is 20.0 Å². The Morgan fingerprint density at radius 1 is 1.33 bits per heavy atom. The van der Waals surface area contributed by atoms with E-state index in [9.17, 15) is 18.0 Å². The number of carbonyl (C=O) groups excluding carboxylic acids is 1. The van der Waals surface area contributed by atoms with Crippen molar-refractivity contribution in [3.63, 3.8) is 0 Å². The number of hydrogen-bond acceptors (Lipinski definition) is 4. The Hall–Kier alpha value is -1.86. The Bertz CT molecular complexity index is 366. The molecule has 0 saturated heterocycles. The van der Waals surface area contributed by atoms with E-state index in [1.807, 2.05) is 13.8 Å². The van der Waals surface area contributed by atoms with Crippen molar-refractivity contribution in [1.82, 2.24) is 15.3 Å². The zero-order chi connectivity index (χ0) is 14.2. The molecule has 0 radical (unpaired) electrons. The minimum atomic E-state index is -4.43. The first kappa shape index (κ1) is 16.1. The van der Waals surface area contributed by atoms with Gasteiger partial charge in [0.25, 0.3) is 5.91 Å². The summed E-state index contributed by atoms with van der Waals surface area (Å²) in [6.07, 6.45) is -2.44. The van der Waals surface area contributed by atoms with Gasteiger partial charge in [0.2, 0.25) is 5.88 Å². The minimum Gasteiger partial charge on any atom is -0.467 e. The van der Waals surface area contributed by atoms with Gasteiger partial charge in [-0.05, 0) is 0 Å². The second kappa shape index (κ2) is 7.46. The summed E-state index contributed by atoms with van der Waals surface area (Å²) in [5.74, 6) is -0.764. The van der Waals surface area contributed by atoms with E-state index in [1.54, 1.807) is 0 Å². The molecular formula is C10H14F3N3O2. The summed E-state index contributed by atoms with van der Waals surface area (Å²) in [7, 11) is 1.40. The Balaban J connectivity index is 0.00000137. The Morgan fingerprint density at radius 3 is 2.33 bits per heavy atom. The SMILES string of the molecule is CC.CNC(=O)c1cnc(OCC(F)(F)F)cn1. The largest absolute Gasteiger partial charge is 0.467 e. The maximum absolute atomic E-state index is 11.8. The quantitative estimate of drug-likeness (QED) is 0.905. The Morgan fingerprint density at radius 2 is 1.94 bits per heavy atom. The molecule has 0 aromatic carbocycles. The molecule has 0 saturated carbocycles. The van der Waals surface area contributed by atoms with Crippen molar-refractivity contribution in [2.24, 2.45) is 0 Å². The second-order valence-corrected chi connectivity index (χ2v) is 2.72. The van der Waals surface area contributed by atoms with E-state index in [0.29, 0.717) is 0 Å². The van der Waals surface area contributed by atoms with Crippen LogP contribution in [0.4, 0.5) is 13.2 Å². The van der Waals surface area contributed by atoms with Gasteiger partial charge in [-0.1, -0.05) is 13.8 Å². The highest BCUT2D eigenvalue weighted by Crippen LogP contribution is 2.16. The summed E-state index contributed by atoms with van der Waals surface area (Å²) >= 11 is 0. The molecular weight excluding hydrogens is 251 g/mol. The van der Waals surface area contributed by atoms with Crippen LogP contribution in [0.15, 0.2) is 12.4 Å². The molecule has 0 aliphatic carbocycles. The highest BCUT2D eigenvalue weighted by Gasteiger charge is 2.28. The number of ether oxygens (including phenoxy) is 1. The molecule has 1 aromatic heterocycles. The van der Waals surface area contributed by atoms with Gasteiger partial charge in [0.1, 0.15) is 5.69 Å². The number of halogens is 3. The van der Waals surface area contributed by atoms with Crippen LogP contribution in [0.1, 0.15) is 24.3 Å². The van der Waals surface area contributed by atoms with Crippen LogP contribution in [0.25, 0.3) is 0 Å². The zero-order valence-electron chi connectivity index (χ0n) is 10.2. The van der Waals surface area contributed by atoms with E-state index in [1.165, 1.54) is 7.05 Å². The molecule has 0 bridgehead atoms. The molecule has 5 nitrogen and oxygen atoms in total. The van der Waals surface area contributed by atoms with Gasteiger partial charge in [-0.2, -0.15) is 13.2 Å². The number of carbonyl (C=O) groups is 1. The van der Waals surface area contributed by atoms with Crippen LogP contribution < -0.4 is 10.1 Å². The smallest absolute Gasteiger partial charge is 0.422 e. The van der Waals surface area contributed by atoms with Crippen molar-refractivity contribution in [3.05, 3.63) is 18.1 Å². The van der Waals surface area contributed by atoms with Gasteiger partial charge in [-0.15, -0.1) is 0 Å². The lowest BCUT2D eigenvalue weighted by atomic mass is 10.4. The third-order valence-electron chi connectivity index (χ3n) is 1.47. The maximum atomic E-state index is 11.8. The van der Waals surface area contributed by atoms with E-state index >= 15 is 0 Å². The van der Waals surface area contributed by atoms with Crippen LogP contribution in [-0.4, -0.2) is 35.7 Å². The summed E-state index contributed by atoms with van der Waals surface area (Å²) in [6.45, 7) is 2.56. The number of alkyl halides is 3. The molecule has 0 fully saturated rings. The monoisotopic (exact) mass is 265 g/mol. The van der Waals surface area contributed by atoms with Crippen LogP contribution in [0.3, 0.4) is 0 Å². The van der Waals surface area contributed by atoms with Gasteiger partial charge in [0.05, 0.1) is 12.4 Å².